The molecule has 0 bridgehead atoms. The van der Waals surface area contributed by atoms with Crippen molar-refractivity contribution in [3.8, 4) is 16.5 Å². The van der Waals surface area contributed by atoms with Crippen molar-refractivity contribution < 1.29 is 23.4 Å². The van der Waals surface area contributed by atoms with Crippen LogP contribution in [0, 0.1) is 12.7 Å². The van der Waals surface area contributed by atoms with Gasteiger partial charge in [0, 0.05) is 17.3 Å². The largest absolute Gasteiger partial charge is 0.467 e. The first-order valence-corrected chi connectivity index (χ1v) is 9.01. The van der Waals surface area contributed by atoms with Crippen molar-refractivity contribution >= 4 is 17.3 Å². The lowest BCUT2D eigenvalue weighted by molar-refractivity contribution is -0.0182. The summed E-state index contributed by atoms with van der Waals surface area (Å²) >= 11 is 1.21. The Kier molecular flexibility index (Phi) is 4.83. The highest BCUT2D eigenvalue weighted by molar-refractivity contribution is 7.17. The molecule has 0 N–H and O–H groups in total. The van der Waals surface area contributed by atoms with Crippen molar-refractivity contribution in [3.63, 3.8) is 0 Å². The Labute approximate surface area is 158 Å². The molecule has 0 aliphatic carbocycles. The number of fused-ring (bicyclic) bond motifs is 1. The van der Waals surface area contributed by atoms with Crippen LogP contribution in [-0.4, -0.2) is 22.7 Å². The molecule has 138 valence electrons. The van der Waals surface area contributed by atoms with Gasteiger partial charge in [0.15, 0.2) is 6.79 Å². The number of hydrogen-bond donors (Lipinski definition) is 0. The topological polar surface area (TPSA) is 70.5 Å². The molecule has 3 aromatic rings. The van der Waals surface area contributed by atoms with E-state index in [0.29, 0.717) is 38.1 Å². The number of benzene rings is 1. The fourth-order valence-electron chi connectivity index (χ4n) is 2.76. The van der Waals surface area contributed by atoms with E-state index in [9.17, 15) is 9.18 Å². The Balaban J connectivity index is 1.53. The van der Waals surface area contributed by atoms with Crippen molar-refractivity contribution in [1.82, 2.24) is 9.97 Å². The van der Waals surface area contributed by atoms with E-state index in [1.54, 1.807) is 13.1 Å². The smallest absolute Gasteiger partial charge is 0.350 e. The van der Waals surface area contributed by atoms with E-state index in [1.165, 1.54) is 23.5 Å². The average molecular weight is 386 g/mol. The van der Waals surface area contributed by atoms with Gasteiger partial charge < -0.3 is 14.2 Å². The van der Waals surface area contributed by atoms with Crippen LogP contribution in [0.15, 0.2) is 36.5 Å². The summed E-state index contributed by atoms with van der Waals surface area (Å²) in [6, 6.07) is 8.15. The number of pyridine rings is 1. The van der Waals surface area contributed by atoms with Gasteiger partial charge in [-0.3, -0.25) is 4.98 Å². The highest BCUT2D eigenvalue weighted by atomic mass is 32.1. The molecule has 0 atom stereocenters. The minimum atomic E-state index is -0.516. The number of ether oxygens (including phenoxy) is 3. The molecule has 0 amide bonds. The highest BCUT2D eigenvalue weighted by Crippen LogP contribution is 2.31. The molecule has 8 heteroatoms. The van der Waals surface area contributed by atoms with Crippen LogP contribution >= 0.6 is 11.3 Å². The van der Waals surface area contributed by atoms with E-state index in [4.69, 9.17) is 14.2 Å². The van der Waals surface area contributed by atoms with Crippen molar-refractivity contribution in [2.24, 2.45) is 0 Å². The first-order valence-electron chi connectivity index (χ1n) is 8.19. The van der Waals surface area contributed by atoms with Crippen molar-refractivity contribution in [2.75, 3.05) is 6.79 Å². The summed E-state index contributed by atoms with van der Waals surface area (Å²) < 4.78 is 29.8. The normalized spacial score (nSPS) is 13.0. The zero-order valence-corrected chi connectivity index (χ0v) is 15.2. The Morgan fingerprint density at radius 3 is 3.07 bits per heavy atom. The van der Waals surface area contributed by atoms with E-state index < -0.39 is 11.8 Å². The molecule has 1 aromatic carbocycles. The Hall–Kier alpha value is -2.84. The quantitative estimate of drug-likeness (QED) is 0.634. The van der Waals surface area contributed by atoms with E-state index in [-0.39, 0.29) is 20.0 Å². The molecule has 27 heavy (non-hydrogen) atoms. The molecule has 1 aliphatic rings. The second-order valence-corrected chi connectivity index (χ2v) is 6.89. The number of esters is 1. The number of halogens is 1. The SMILES string of the molecule is Cc1nc(-c2ccccn2)sc1C(=O)OCc1cc(F)cc2c1OCOC2. The minimum Gasteiger partial charge on any atom is -0.467 e. The summed E-state index contributed by atoms with van der Waals surface area (Å²) in [5, 5.41) is 0.642. The molecule has 0 saturated heterocycles. The summed E-state index contributed by atoms with van der Waals surface area (Å²) in [4.78, 5) is 21.5. The fraction of sp³-hybridized carbons (Fsp3) is 0.211. The van der Waals surface area contributed by atoms with Crippen LogP contribution in [0.25, 0.3) is 10.7 Å². The minimum absolute atomic E-state index is 0.0843. The maximum Gasteiger partial charge on any atom is 0.350 e. The summed E-state index contributed by atoms with van der Waals surface area (Å²) in [7, 11) is 0. The van der Waals surface area contributed by atoms with Gasteiger partial charge in [0.25, 0.3) is 0 Å². The van der Waals surface area contributed by atoms with Gasteiger partial charge in [-0.1, -0.05) is 6.07 Å². The number of carbonyl (C=O) groups excluding carboxylic acids is 1. The zero-order valence-electron chi connectivity index (χ0n) is 14.4. The molecule has 3 heterocycles. The first kappa shape index (κ1) is 17.6. The summed E-state index contributed by atoms with van der Waals surface area (Å²) in [5.74, 6) is -0.441. The Bertz CT molecular complexity index is 991. The number of nitrogens with zero attached hydrogens (tertiary/aromatic N) is 2. The van der Waals surface area contributed by atoms with Gasteiger partial charge in [-0.15, -0.1) is 11.3 Å². The standard InChI is InChI=1S/C19H15FN2O4S/c1-11-17(27-18(22-11)15-4-2-3-5-21-15)19(23)25-9-13-7-14(20)6-12-8-24-10-26-16(12)13/h2-7H,8-10H2,1H3. The summed E-state index contributed by atoms with van der Waals surface area (Å²) in [5.41, 5.74) is 2.32. The lowest BCUT2D eigenvalue weighted by Gasteiger charge is -2.20. The molecule has 2 aromatic heterocycles. The van der Waals surface area contributed by atoms with Gasteiger partial charge in [0.1, 0.15) is 28.1 Å². The second-order valence-electron chi connectivity index (χ2n) is 5.89. The first-order chi connectivity index (χ1) is 13.1. The molecule has 4 rings (SSSR count). The monoisotopic (exact) mass is 386 g/mol. The van der Waals surface area contributed by atoms with Crippen LogP contribution in [0.3, 0.4) is 0 Å². The highest BCUT2D eigenvalue weighted by Gasteiger charge is 2.21. The van der Waals surface area contributed by atoms with Crippen molar-refractivity contribution in [3.05, 3.63) is 64.0 Å². The van der Waals surface area contributed by atoms with Gasteiger partial charge in [0.05, 0.1) is 18.0 Å². The molecular weight excluding hydrogens is 371 g/mol. The van der Waals surface area contributed by atoms with E-state index in [0.717, 1.165) is 0 Å². The maximum atomic E-state index is 13.8. The van der Waals surface area contributed by atoms with Crippen LogP contribution in [0.5, 0.6) is 5.75 Å². The van der Waals surface area contributed by atoms with Crippen molar-refractivity contribution in [1.29, 1.82) is 0 Å². The van der Waals surface area contributed by atoms with Gasteiger partial charge in [-0.25, -0.2) is 14.2 Å². The molecule has 0 radical (unpaired) electrons. The van der Waals surface area contributed by atoms with Crippen LogP contribution in [-0.2, 0) is 22.7 Å². The molecule has 0 fully saturated rings. The predicted molar refractivity (Wildman–Crippen MR) is 95.9 cm³/mol. The fourth-order valence-corrected chi connectivity index (χ4v) is 3.69. The molecule has 1 aliphatic heterocycles. The van der Waals surface area contributed by atoms with Gasteiger partial charge in [-0.2, -0.15) is 0 Å². The number of aryl methyl sites for hydroxylation is 1. The number of aromatic nitrogens is 2. The lowest BCUT2D eigenvalue weighted by atomic mass is 10.1. The van der Waals surface area contributed by atoms with Crippen molar-refractivity contribution in [2.45, 2.75) is 20.1 Å². The number of hydrogen-bond acceptors (Lipinski definition) is 7. The Morgan fingerprint density at radius 1 is 1.37 bits per heavy atom. The third-order valence-corrected chi connectivity index (χ3v) is 5.14. The third kappa shape index (κ3) is 3.67. The molecular formula is C19H15FN2O4S. The van der Waals surface area contributed by atoms with Crippen LogP contribution in [0.1, 0.15) is 26.5 Å². The molecule has 6 nitrogen and oxygen atoms in total. The van der Waals surface area contributed by atoms with Crippen LogP contribution in [0.2, 0.25) is 0 Å². The van der Waals surface area contributed by atoms with Crippen LogP contribution < -0.4 is 4.74 Å². The lowest BCUT2D eigenvalue weighted by Crippen LogP contribution is -2.14. The Morgan fingerprint density at radius 2 is 2.26 bits per heavy atom. The number of carbonyl (C=O) groups is 1. The van der Waals surface area contributed by atoms with E-state index in [1.807, 2.05) is 18.2 Å². The van der Waals surface area contributed by atoms with Gasteiger partial charge in [0.2, 0.25) is 0 Å². The average Bonchev–Trinajstić information content (AvgIpc) is 3.08. The van der Waals surface area contributed by atoms with Gasteiger partial charge in [-0.05, 0) is 31.2 Å². The summed E-state index contributed by atoms with van der Waals surface area (Å²) in [6.45, 7) is 1.98. The van der Waals surface area contributed by atoms with Crippen LogP contribution in [0.4, 0.5) is 4.39 Å². The molecule has 0 spiro atoms. The number of rotatable bonds is 4. The maximum absolute atomic E-state index is 13.8. The number of thiazole rings is 1. The molecule has 0 saturated carbocycles. The van der Waals surface area contributed by atoms with E-state index in [2.05, 4.69) is 9.97 Å². The second kappa shape index (κ2) is 7.42. The van der Waals surface area contributed by atoms with E-state index >= 15 is 0 Å². The zero-order chi connectivity index (χ0) is 18.8. The summed E-state index contributed by atoms with van der Waals surface area (Å²) in [6.07, 6.45) is 1.67. The molecule has 0 unspecified atom stereocenters. The predicted octanol–water partition coefficient (Wildman–Crippen LogP) is 3.88. The third-order valence-electron chi connectivity index (χ3n) is 3.98. The van der Waals surface area contributed by atoms with Gasteiger partial charge >= 0.3 is 5.97 Å².